The lowest BCUT2D eigenvalue weighted by Crippen LogP contribution is -2.35. The second-order valence-electron chi connectivity index (χ2n) is 5.66. The Balaban J connectivity index is 2.76. The van der Waals surface area contributed by atoms with Crippen molar-refractivity contribution in [3.8, 4) is 0 Å². The van der Waals surface area contributed by atoms with Crippen molar-refractivity contribution in [3.63, 3.8) is 0 Å². The van der Waals surface area contributed by atoms with Crippen molar-refractivity contribution >= 4 is 0 Å². The molecule has 1 aliphatic heterocycles. The lowest BCUT2D eigenvalue weighted by molar-refractivity contribution is 0.0765. The average Bonchev–Trinajstić information content (AvgIpc) is 2.28. The summed E-state index contributed by atoms with van der Waals surface area (Å²) < 4.78 is 5.64. The van der Waals surface area contributed by atoms with Crippen LogP contribution in [0.5, 0.6) is 0 Å². The first kappa shape index (κ1) is 10.4. The minimum atomic E-state index is 0.125. The summed E-state index contributed by atoms with van der Waals surface area (Å²) in [6, 6.07) is 0. The van der Waals surface area contributed by atoms with Crippen molar-refractivity contribution in [1.82, 2.24) is 4.90 Å². The molecule has 0 saturated carbocycles. The number of ether oxygens (including phenoxy) is 1. The minimum Gasteiger partial charge on any atom is -0.475 e. The summed E-state index contributed by atoms with van der Waals surface area (Å²) in [5, 5.41) is 0. The highest BCUT2D eigenvalue weighted by Gasteiger charge is 2.29. The van der Waals surface area contributed by atoms with Gasteiger partial charge in [0.15, 0.2) is 6.73 Å². The molecule has 0 aromatic carbocycles. The van der Waals surface area contributed by atoms with E-state index in [2.05, 4.69) is 52.6 Å². The van der Waals surface area contributed by atoms with Gasteiger partial charge in [-0.3, -0.25) is 0 Å². The second kappa shape index (κ2) is 2.93. The van der Waals surface area contributed by atoms with E-state index >= 15 is 0 Å². The molecule has 0 atom stereocenters. The number of hydrogen-bond acceptors (Lipinski definition) is 2. The summed E-state index contributed by atoms with van der Waals surface area (Å²) in [7, 11) is 0. The molecule has 0 radical (unpaired) electrons. The third-order valence-corrected chi connectivity index (χ3v) is 2.23. The number of nitrogens with zero attached hydrogens (tertiary/aromatic N) is 1. The van der Waals surface area contributed by atoms with E-state index in [1.165, 1.54) is 0 Å². The van der Waals surface area contributed by atoms with Crippen molar-refractivity contribution in [2.75, 3.05) is 6.73 Å². The molecule has 0 amide bonds. The van der Waals surface area contributed by atoms with Crippen LogP contribution in [0.25, 0.3) is 0 Å². The van der Waals surface area contributed by atoms with E-state index in [-0.39, 0.29) is 11.0 Å². The summed E-state index contributed by atoms with van der Waals surface area (Å²) in [5.74, 6) is 1.09. The fraction of sp³-hybridized carbons (Fsp3) is 0.818. The highest BCUT2D eigenvalue weighted by atomic mass is 16.5. The van der Waals surface area contributed by atoms with Gasteiger partial charge in [-0.25, -0.2) is 0 Å². The second-order valence-corrected chi connectivity index (χ2v) is 5.66. The van der Waals surface area contributed by atoms with E-state index in [0.29, 0.717) is 6.73 Å². The van der Waals surface area contributed by atoms with Gasteiger partial charge in [-0.05, 0) is 20.8 Å². The molecule has 2 nitrogen and oxygen atoms in total. The van der Waals surface area contributed by atoms with Gasteiger partial charge in [0.05, 0.1) is 0 Å². The molecular weight excluding hydrogens is 162 g/mol. The molecule has 0 unspecified atom stereocenters. The van der Waals surface area contributed by atoms with Gasteiger partial charge in [0.1, 0.15) is 5.76 Å². The van der Waals surface area contributed by atoms with Gasteiger partial charge in [-0.2, -0.15) is 0 Å². The first-order valence-electron chi connectivity index (χ1n) is 4.83. The normalized spacial score (nSPS) is 18.6. The third kappa shape index (κ3) is 2.39. The molecular formula is C11H21NO. The first-order valence-corrected chi connectivity index (χ1v) is 4.83. The predicted octanol–water partition coefficient (Wildman–Crippen LogP) is 2.96. The molecule has 0 N–H and O–H groups in total. The van der Waals surface area contributed by atoms with Crippen molar-refractivity contribution in [2.24, 2.45) is 5.41 Å². The third-order valence-electron chi connectivity index (χ3n) is 2.23. The van der Waals surface area contributed by atoms with Crippen LogP contribution >= 0.6 is 0 Å². The van der Waals surface area contributed by atoms with Crippen LogP contribution in [0.3, 0.4) is 0 Å². The molecule has 0 fully saturated rings. The fourth-order valence-corrected chi connectivity index (χ4v) is 1.15. The minimum absolute atomic E-state index is 0.125. The molecule has 13 heavy (non-hydrogen) atoms. The molecule has 1 aliphatic rings. The van der Waals surface area contributed by atoms with E-state index in [1.54, 1.807) is 0 Å². The van der Waals surface area contributed by atoms with Gasteiger partial charge in [-0.15, -0.1) is 0 Å². The first-order chi connectivity index (χ1) is 5.71. The molecule has 0 aromatic heterocycles. The monoisotopic (exact) mass is 183 g/mol. The van der Waals surface area contributed by atoms with Crippen molar-refractivity contribution in [3.05, 3.63) is 12.0 Å². The summed E-state index contributed by atoms with van der Waals surface area (Å²) in [5.41, 5.74) is 0.285. The van der Waals surface area contributed by atoms with E-state index in [9.17, 15) is 0 Å². The zero-order valence-corrected chi connectivity index (χ0v) is 9.64. The maximum Gasteiger partial charge on any atom is 0.161 e. The van der Waals surface area contributed by atoms with E-state index in [0.717, 1.165) is 5.76 Å². The quantitative estimate of drug-likeness (QED) is 0.572. The Hall–Kier alpha value is -0.660. The van der Waals surface area contributed by atoms with Crippen molar-refractivity contribution < 1.29 is 4.74 Å². The summed E-state index contributed by atoms with van der Waals surface area (Å²) >= 11 is 0. The van der Waals surface area contributed by atoms with Crippen LogP contribution in [0.2, 0.25) is 0 Å². The Labute approximate surface area is 81.6 Å². The largest absolute Gasteiger partial charge is 0.475 e. The molecule has 0 aromatic rings. The highest BCUT2D eigenvalue weighted by molar-refractivity contribution is 5.07. The molecule has 1 heterocycles. The van der Waals surface area contributed by atoms with Gasteiger partial charge in [0.25, 0.3) is 0 Å². The van der Waals surface area contributed by atoms with Crippen LogP contribution in [-0.4, -0.2) is 17.2 Å². The Bertz CT molecular complexity index is 217. The maximum atomic E-state index is 5.64. The summed E-state index contributed by atoms with van der Waals surface area (Å²) in [6.45, 7) is 13.8. The molecule has 0 aliphatic carbocycles. The van der Waals surface area contributed by atoms with Gasteiger partial charge in [-0.1, -0.05) is 20.8 Å². The van der Waals surface area contributed by atoms with Gasteiger partial charge < -0.3 is 9.64 Å². The Morgan fingerprint density at radius 1 is 1.15 bits per heavy atom. The van der Waals surface area contributed by atoms with Crippen molar-refractivity contribution in [2.45, 2.75) is 47.1 Å². The zero-order chi connectivity index (χ0) is 10.3. The average molecular weight is 183 g/mol. The Morgan fingerprint density at radius 2 is 1.69 bits per heavy atom. The smallest absolute Gasteiger partial charge is 0.161 e. The van der Waals surface area contributed by atoms with Gasteiger partial charge in [0, 0.05) is 17.2 Å². The Kier molecular flexibility index (Phi) is 2.35. The van der Waals surface area contributed by atoms with Gasteiger partial charge in [0.2, 0.25) is 0 Å². The molecule has 0 bridgehead atoms. The maximum absolute atomic E-state index is 5.64. The predicted molar refractivity (Wildman–Crippen MR) is 55.1 cm³/mol. The van der Waals surface area contributed by atoms with Crippen molar-refractivity contribution in [1.29, 1.82) is 0 Å². The molecule has 0 saturated heterocycles. The van der Waals surface area contributed by atoms with Crippen LogP contribution in [0.1, 0.15) is 41.5 Å². The van der Waals surface area contributed by atoms with E-state index < -0.39 is 0 Å². The summed E-state index contributed by atoms with van der Waals surface area (Å²) in [4.78, 5) is 2.23. The van der Waals surface area contributed by atoms with Gasteiger partial charge >= 0.3 is 0 Å². The fourth-order valence-electron chi connectivity index (χ4n) is 1.15. The van der Waals surface area contributed by atoms with Crippen LogP contribution in [-0.2, 0) is 4.74 Å². The molecule has 0 spiro atoms. The van der Waals surface area contributed by atoms with E-state index in [1.807, 2.05) is 0 Å². The van der Waals surface area contributed by atoms with Crippen LogP contribution in [0.4, 0.5) is 0 Å². The lowest BCUT2D eigenvalue weighted by Gasteiger charge is -2.29. The number of hydrogen-bond donors (Lipinski definition) is 0. The zero-order valence-electron chi connectivity index (χ0n) is 9.64. The Morgan fingerprint density at radius 3 is 1.92 bits per heavy atom. The number of rotatable bonds is 0. The lowest BCUT2D eigenvalue weighted by atomic mass is 9.94. The summed E-state index contributed by atoms with van der Waals surface area (Å²) in [6.07, 6.45) is 2.14. The molecule has 2 heteroatoms. The SMILES string of the molecule is CC(C)(C)C1=CN(C(C)(C)C)CO1. The molecule has 1 rings (SSSR count). The standard InChI is InChI=1S/C11H21NO/c1-10(2,3)9-7-12(8-13-9)11(4,5)6/h7H,8H2,1-6H3. The van der Waals surface area contributed by atoms with Crippen LogP contribution in [0.15, 0.2) is 12.0 Å². The number of allylic oxidation sites excluding steroid dienone is 1. The topological polar surface area (TPSA) is 12.5 Å². The molecule has 76 valence electrons. The van der Waals surface area contributed by atoms with E-state index in [4.69, 9.17) is 4.74 Å². The van der Waals surface area contributed by atoms with Crippen LogP contribution < -0.4 is 0 Å². The highest BCUT2D eigenvalue weighted by Crippen LogP contribution is 2.32. The van der Waals surface area contributed by atoms with Crippen LogP contribution in [0, 0.1) is 5.41 Å².